The van der Waals surface area contributed by atoms with Gasteiger partial charge in [-0.05, 0) is 18.2 Å². The summed E-state index contributed by atoms with van der Waals surface area (Å²) in [6, 6.07) is 9.49. The van der Waals surface area contributed by atoms with Crippen LogP contribution in [0.4, 0.5) is 0 Å². The summed E-state index contributed by atoms with van der Waals surface area (Å²) >= 11 is 6.24. The van der Waals surface area contributed by atoms with Crippen molar-refractivity contribution in [1.29, 1.82) is 0 Å². The quantitative estimate of drug-likeness (QED) is 0.489. The molecule has 1 atom stereocenters. The average Bonchev–Trinajstić information content (AvgIpc) is 2.58. The molecule has 5 nitrogen and oxygen atoms in total. The highest BCUT2D eigenvalue weighted by Gasteiger charge is 2.30. The van der Waals surface area contributed by atoms with Crippen molar-refractivity contribution in [2.75, 3.05) is 26.3 Å². The molecule has 0 N–H and O–H groups in total. The molecule has 114 valence electrons. The third kappa shape index (κ3) is 3.22. The van der Waals surface area contributed by atoms with E-state index in [2.05, 4.69) is 9.69 Å². The molecule has 1 saturated heterocycles. The van der Waals surface area contributed by atoms with Crippen molar-refractivity contribution in [3.05, 3.63) is 59.5 Å². The summed E-state index contributed by atoms with van der Waals surface area (Å²) in [5.74, 6) is 1.34. The van der Waals surface area contributed by atoms with Gasteiger partial charge in [-0.15, -0.1) is 11.6 Å². The number of ether oxygens (including phenoxy) is 2. The average molecular weight is 318 g/mol. The SMILES string of the molecule is [N-]=[N+]=C1C=C(Oc2ccccc2)C(N2CCOCC2)=CC1Cl. The Bertz CT molecular complexity index is 645. The fourth-order valence-electron chi connectivity index (χ4n) is 2.44. The van der Waals surface area contributed by atoms with Crippen LogP contribution in [0.25, 0.3) is 5.53 Å². The number of morpholine rings is 1. The first-order valence-electron chi connectivity index (χ1n) is 7.13. The van der Waals surface area contributed by atoms with E-state index in [9.17, 15) is 0 Å². The van der Waals surface area contributed by atoms with E-state index in [1.165, 1.54) is 0 Å². The van der Waals surface area contributed by atoms with Gasteiger partial charge in [-0.3, -0.25) is 0 Å². The van der Waals surface area contributed by atoms with E-state index >= 15 is 0 Å². The predicted octanol–water partition coefficient (Wildman–Crippen LogP) is 2.46. The van der Waals surface area contributed by atoms with Gasteiger partial charge < -0.3 is 19.9 Å². The zero-order valence-electron chi connectivity index (χ0n) is 12.0. The van der Waals surface area contributed by atoms with Gasteiger partial charge in [0.15, 0.2) is 11.1 Å². The van der Waals surface area contributed by atoms with Crippen molar-refractivity contribution in [3.8, 4) is 5.75 Å². The lowest BCUT2D eigenvalue weighted by atomic mass is 10.1. The molecular weight excluding hydrogens is 302 g/mol. The smallest absolute Gasteiger partial charge is 0.317 e. The summed E-state index contributed by atoms with van der Waals surface area (Å²) in [6.07, 6.45) is 3.52. The van der Waals surface area contributed by atoms with Crippen LogP contribution in [0.1, 0.15) is 0 Å². The second-order valence-electron chi connectivity index (χ2n) is 5.00. The number of hydrogen-bond acceptors (Lipinski definition) is 3. The molecule has 0 saturated carbocycles. The molecular formula is C16H16ClN3O2. The maximum atomic E-state index is 9.08. The Kier molecular flexibility index (Phi) is 4.59. The Morgan fingerprint density at radius 3 is 2.64 bits per heavy atom. The van der Waals surface area contributed by atoms with Crippen LogP contribution in [0.2, 0.25) is 0 Å². The van der Waals surface area contributed by atoms with Crippen molar-refractivity contribution in [2.45, 2.75) is 5.38 Å². The number of allylic oxidation sites excluding steroid dienone is 2. The highest BCUT2D eigenvalue weighted by Crippen LogP contribution is 2.27. The first-order valence-corrected chi connectivity index (χ1v) is 7.57. The maximum Gasteiger partial charge on any atom is 0.317 e. The first kappa shape index (κ1) is 14.9. The minimum absolute atomic E-state index is 0.365. The lowest BCUT2D eigenvalue weighted by molar-refractivity contribution is -0.00560. The summed E-state index contributed by atoms with van der Waals surface area (Å²) in [5.41, 5.74) is 10.4. The van der Waals surface area contributed by atoms with Crippen LogP contribution >= 0.6 is 11.6 Å². The highest BCUT2D eigenvalue weighted by atomic mass is 35.5. The van der Waals surface area contributed by atoms with Crippen LogP contribution in [-0.2, 0) is 4.74 Å². The molecule has 6 heteroatoms. The van der Waals surface area contributed by atoms with Crippen molar-refractivity contribution < 1.29 is 14.3 Å². The van der Waals surface area contributed by atoms with E-state index in [0.717, 1.165) is 24.5 Å². The predicted molar refractivity (Wildman–Crippen MR) is 83.9 cm³/mol. The largest absolute Gasteiger partial charge is 0.455 e. The fraction of sp³-hybridized carbons (Fsp3) is 0.312. The monoisotopic (exact) mass is 317 g/mol. The van der Waals surface area contributed by atoms with Crippen LogP contribution < -0.4 is 4.74 Å². The standard InChI is InChI=1S/C16H16ClN3O2/c17-13-10-15(20-6-8-21-9-7-20)16(11-14(13)19-18)22-12-4-2-1-3-5-12/h1-5,10-11,13H,6-9H2. The van der Waals surface area contributed by atoms with E-state index in [-0.39, 0.29) is 0 Å². The lowest BCUT2D eigenvalue weighted by Crippen LogP contribution is -2.38. The summed E-state index contributed by atoms with van der Waals surface area (Å²) in [6.45, 7) is 2.89. The number of nitrogens with zero attached hydrogens (tertiary/aromatic N) is 3. The highest BCUT2D eigenvalue weighted by molar-refractivity contribution is 6.35. The number of alkyl halides is 1. The lowest BCUT2D eigenvalue weighted by Gasteiger charge is -2.33. The van der Waals surface area contributed by atoms with Crippen molar-refractivity contribution in [2.24, 2.45) is 0 Å². The molecule has 22 heavy (non-hydrogen) atoms. The number of hydrogen-bond donors (Lipinski definition) is 0. The van der Waals surface area contributed by atoms with Gasteiger partial charge in [-0.1, -0.05) is 18.2 Å². The van der Waals surface area contributed by atoms with Crippen molar-refractivity contribution in [3.63, 3.8) is 0 Å². The van der Waals surface area contributed by atoms with Gasteiger partial charge in [0.05, 0.1) is 25.0 Å². The first-order chi connectivity index (χ1) is 10.8. The molecule has 0 radical (unpaired) electrons. The van der Waals surface area contributed by atoms with Crippen LogP contribution in [0.5, 0.6) is 5.75 Å². The molecule has 0 aromatic heterocycles. The van der Waals surface area contributed by atoms with Gasteiger partial charge in [-0.2, -0.15) is 4.79 Å². The van der Waals surface area contributed by atoms with E-state index in [1.807, 2.05) is 36.4 Å². The Morgan fingerprint density at radius 1 is 1.23 bits per heavy atom. The molecule has 1 fully saturated rings. The third-order valence-electron chi connectivity index (χ3n) is 3.56. The molecule has 0 amide bonds. The molecule has 1 aromatic rings. The van der Waals surface area contributed by atoms with Crippen LogP contribution in [-0.4, -0.2) is 47.1 Å². The summed E-state index contributed by atoms with van der Waals surface area (Å²) in [4.78, 5) is 5.41. The molecule has 1 aromatic carbocycles. The maximum absolute atomic E-state index is 9.08. The van der Waals surface area contributed by atoms with Gasteiger partial charge in [0.2, 0.25) is 0 Å². The van der Waals surface area contributed by atoms with Gasteiger partial charge in [0.1, 0.15) is 5.75 Å². The second kappa shape index (κ2) is 6.79. The topological polar surface area (TPSA) is 58.1 Å². The van der Waals surface area contributed by atoms with Crippen LogP contribution in [0.3, 0.4) is 0 Å². The minimum Gasteiger partial charge on any atom is -0.455 e. The van der Waals surface area contributed by atoms with Crippen LogP contribution in [0.15, 0.2) is 53.9 Å². The Morgan fingerprint density at radius 2 is 1.95 bits per heavy atom. The molecule has 1 heterocycles. The van der Waals surface area contributed by atoms with Crippen molar-refractivity contribution >= 4 is 17.3 Å². The van der Waals surface area contributed by atoms with Crippen LogP contribution in [0, 0.1) is 0 Å². The number of benzene rings is 1. The Labute approximate surface area is 134 Å². The number of para-hydroxylation sites is 1. The minimum atomic E-state index is -0.481. The molecule has 0 bridgehead atoms. The van der Waals surface area contributed by atoms with Gasteiger partial charge in [0.25, 0.3) is 0 Å². The molecule has 0 spiro atoms. The molecule has 1 unspecified atom stereocenters. The number of halogens is 1. The van der Waals surface area contributed by atoms with E-state index in [0.29, 0.717) is 24.7 Å². The third-order valence-corrected chi connectivity index (χ3v) is 3.91. The normalized spacial score (nSPS) is 21.8. The van der Waals surface area contributed by atoms with Gasteiger partial charge in [0, 0.05) is 13.1 Å². The van der Waals surface area contributed by atoms with E-state index < -0.39 is 5.38 Å². The summed E-state index contributed by atoms with van der Waals surface area (Å²) in [5, 5.41) is -0.481. The molecule has 2 aliphatic rings. The van der Waals surface area contributed by atoms with Gasteiger partial charge >= 0.3 is 5.71 Å². The second-order valence-corrected chi connectivity index (χ2v) is 5.47. The molecule has 3 rings (SSSR count). The fourth-order valence-corrected chi connectivity index (χ4v) is 2.67. The molecule has 1 aliphatic heterocycles. The van der Waals surface area contributed by atoms with Gasteiger partial charge in [-0.25, -0.2) is 0 Å². The zero-order chi connectivity index (χ0) is 15.4. The van der Waals surface area contributed by atoms with Crippen molar-refractivity contribution in [1.82, 2.24) is 4.90 Å². The Hall–Kier alpha value is -2.07. The number of rotatable bonds is 3. The summed E-state index contributed by atoms with van der Waals surface area (Å²) < 4.78 is 11.3. The summed E-state index contributed by atoms with van der Waals surface area (Å²) in [7, 11) is 0. The molecule has 1 aliphatic carbocycles. The van der Waals surface area contributed by atoms with E-state index in [4.69, 9.17) is 26.6 Å². The zero-order valence-corrected chi connectivity index (χ0v) is 12.7. The Balaban J connectivity index is 1.90. The van der Waals surface area contributed by atoms with E-state index in [1.54, 1.807) is 6.08 Å².